The third-order valence-electron chi connectivity index (χ3n) is 3.94. The number of alkyl halides is 3. The number of rotatable bonds is 3. The molecule has 140 valence electrons. The molecule has 1 aromatic carbocycles. The first kappa shape index (κ1) is 19.5. The Bertz CT molecular complexity index is 635. The van der Waals surface area contributed by atoms with Crippen LogP contribution in [0.1, 0.15) is 31.9 Å². The number of hydrogen-bond donors (Lipinski definition) is 0. The summed E-state index contributed by atoms with van der Waals surface area (Å²) in [7, 11) is 1.74. The van der Waals surface area contributed by atoms with Crippen LogP contribution in [0, 0.1) is 5.82 Å². The lowest BCUT2D eigenvalue weighted by atomic mass is 10.1. The van der Waals surface area contributed by atoms with E-state index in [9.17, 15) is 22.4 Å². The fourth-order valence-corrected chi connectivity index (χ4v) is 2.46. The van der Waals surface area contributed by atoms with E-state index in [4.69, 9.17) is 4.74 Å². The third kappa shape index (κ3) is 5.07. The van der Waals surface area contributed by atoms with E-state index in [0.717, 1.165) is 12.1 Å². The van der Waals surface area contributed by atoms with E-state index in [2.05, 4.69) is 0 Å². The first-order chi connectivity index (χ1) is 11.4. The van der Waals surface area contributed by atoms with Gasteiger partial charge in [-0.2, -0.15) is 13.2 Å². The van der Waals surface area contributed by atoms with Crippen LogP contribution in [0.3, 0.4) is 0 Å². The molecule has 1 fully saturated rings. The number of nitrogens with zero attached hydrogens (tertiary/aromatic N) is 2. The maximum atomic E-state index is 13.9. The molecule has 1 amide bonds. The lowest BCUT2D eigenvalue weighted by molar-refractivity contribution is -0.137. The van der Waals surface area contributed by atoms with Crippen molar-refractivity contribution in [3.63, 3.8) is 0 Å². The Kier molecular flexibility index (Phi) is 5.32. The van der Waals surface area contributed by atoms with Gasteiger partial charge in [-0.3, -0.25) is 4.90 Å². The summed E-state index contributed by atoms with van der Waals surface area (Å²) in [5.41, 5.74) is -1.39. The second-order valence-corrected chi connectivity index (χ2v) is 7.26. The predicted molar refractivity (Wildman–Crippen MR) is 84.5 cm³/mol. The minimum atomic E-state index is -4.56. The highest BCUT2D eigenvalue weighted by molar-refractivity contribution is 5.69. The van der Waals surface area contributed by atoms with Crippen molar-refractivity contribution in [3.05, 3.63) is 35.1 Å². The van der Waals surface area contributed by atoms with Gasteiger partial charge in [-0.05, 0) is 40.0 Å². The van der Waals surface area contributed by atoms with E-state index in [0.29, 0.717) is 19.2 Å². The van der Waals surface area contributed by atoms with Crippen LogP contribution in [-0.2, 0) is 17.5 Å². The Morgan fingerprint density at radius 2 is 1.88 bits per heavy atom. The quantitative estimate of drug-likeness (QED) is 0.765. The van der Waals surface area contributed by atoms with Crippen molar-refractivity contribution in [1.29, 1.82) is 0 Å². The van der Waals surface area contributed by atoms with Gasteiger partial charge in [0.2, 0.25) is 0 Å². The van der Waals surface area contributed by atoms with Gasteiger partial charge in [0.05, 0.1) is 5.56 Å². The second-order valence-electron chi connectivity index (χ2n) is 7.26. The molecule has 1 aliphatic rings. The van der Waals surface area contributed by atoms with Gasteiger partial charge >= 0.3 is 12.3 Å². The molecular formula is C17H22F4N2O2. The molecule has 0 atom stereocenters. The van der Waals surface area contributed by atoms with Gasteiger partial charge in [-0.25, -0.2) is 9.18 Å². The van der Waals surface area contributed by atoms with Crippen LogP contribution in [0.4, 0.5) is 22.4 Å². The molecule has 1 aromatic rings. The number of hydrogen-bond acceptors (Lipinski definition) is 3. The van der Waals surface area contributed by atoms with E-state index in [1.807, 2.05) is 4.90 Å². The molecule has 0 saturated carbocycles. The lowest BCUT2D eigenvalue weighted by Crippen LogP contribution is -2.60. The highest BCUT2D eigenvalue weighted by Crippen LogP contribution is 2.30. The zero-order valence-corrected chi connectivity index (χ0v) is 14.7. The van der Waals surface area contributed by atoms with Crippen molar-refractivity contribution in [3.8, 4) is 0 Å². The van der Waals surface area contributed by atoms with Gasteiger partial charge < -0.3 is 9.64 Å². The predicted octanol–water partition coefficient (Wildman–Crippen LogP) is 3.90. The Morgan fingerprint density at radius 1 is 1.28 bits per heavy atom. The summed E-state index contributed by atoms with van der Waals surface area (Å²) >= 11 is 0. The summed E-state index contributed by atoms with van der Waals surface area (Å²) in [6, 6.07) is 2.55. The maximum absolute atomic E-state index is 13.9. The Balaban J connectivity index is 1.90. The highest BCUT2D eigenvalue weighted by Gasteiger charge is 2.36. The Hall–Kier alpha value is -1.83. The van der Waals surface area contributed by atoms with Gasteiger partial charge in [-0.15, -0.1) is 0 Å². The van der Waals surface area contributed by atoms with Crippen molar-refractivity contribution < 1.29 is 27.1 Å². The fourth-order valence-electron chi connectivity index (χ4n) is 2.46. The van der Waals surface area contributed by atoms with Crippen molar-refractivity contribution in [2.45, 2.75) is 45.1 Å². The molecule has 1 aliphatic heterocycles. The molecule has 1 heterocycles. The number of halogens is 4. The molecule has 25 heavy (non-hydrogen) atoms. The van der Waals surface area contributed by atoms with E-state index >= 15 is 0 Å². The van der Waals surface area contributed by atoms with Gasteiger partial charge in [0.1, 0.15) is 11.4 Å². The number of likely N-dealkylation sites (N-methyl/N-ethyl adjacent to an activating group) is 1. The first-order valence-corrected chi connectivity index (χ1v) is 7.90. The molecule has 4 nitrogen and oxygen atoms in total. The largest absolute Gasteiger partial charge is 0.444 e. The smallest absolute Gasteiger partial charge is 0.416 e. The summed E-state index contributed by atoms with van der Waals surface area (Å²) in [5, 5.41) is 0. The molecule has 0 spiro atoms. The fraction of sp³-hybridized carbons (Fsp3) is 0.588. The minimum absolute atomic E-state index is 0.00853. The summed E-state index contributed by atoms with van der Waals surface area (Å²) < 4.78 is 56.9. The minimum Gasteiger partial charge on any atom is -0.444 e. The Morgan fingerprint density at radius 3 is 2.36 bits per heavy atom. The average molecular weight is 362 g/mol. The lowest BCUT2D eigenvalue weighted by Gasteiger charge is -2.44. The molecule has 0 bridgehead atoms. The molecule has 0 N–H and O–H groups in total. The number of benzene rings is 1. The van der Waals surface area contributed by atoms with Crippen molar-refractivity contribution in [2.24, 2.45) is 0 Å². The maximum Gasteiger partial charge on any atom is 0.416 e. The van der Waals surface area contributed by atoms with Gasteiger partial charge in [0.25, 0.3) is 0 Å². The van der Waals surface area contributed by atoms with Crippen molar-refractivity contribution >= 4 is 6.09 Å². The standard InChI is InChI=1S/C17H22F4N2O2/c1-16(2,3)25-15(24)23-9-13(10-23)22(4)8-11-5-6-12(7-14(11)18)17(19,20)21/h5-7,13H,8-10H2,1-4H3. The van der Waals surface area contributed by atoms with E-state index in [1.54, 1.807) is 27.8 Å². The van der Waals surface area contributed by atoms with Gasteiger partial charge in [0.15, 0.2) is 0 Å². The third-order valence-corrected chi connectivity index (χ3v) is 3.94. The van der Waals surface area contributed by atoms with Gasteiger partial charge in [0, 0.05) is 31.2 Å². The zero-order chi connectivity index (χ0) is 19.0. The van der Waals surface area contributed by atoms with Crippen LogP contribution in [0.15, 0.2) is 18.2 Å². The van der Waals surface area contributed by atoms with Crippen LogP contribution in [0.2, 0.25) is 0 Å². The molecule has 2 rings (SSSR count). The molecule has 0 unspecified atom stereocenters. The number of carbonyl (C=O) groups excluding carboxylic acids is 1. The summed E-state index contributed by atoms with van der Waals surface area (Å²) in [6.45, 7) is 6.38. The number of ether oxygens (including phenoxy) is 1. The average Bonchev–Trinajstić information content (AvgIpc) is 2.35. The van der Waals surface area contributed by atoms with Crippen molar-refractivity contribution in [2.75, 3.05) is 20.1 Å². The van der Waals surface area contributed by atoms with E-state index < -0.39 is 29.3 Å². The van der Waals surface area contributed by atoms with Crippen LogP contribution < -0.4 is 0 Å². The molecule has 0 aliphatic carbocycles. The number of likely N-dealkylation sites (tertiary alicyclic amines) is 1. The van der Waals surface area contributed by atoms with Gasteiger partial charge in [-0.1, -0.05) is 6.07 Å². The van der Waals surface area contributed by atoms with Crippen LogP contribution in [0.25, 0.3) is 0 Å². The van der Waals surface area contributed by atoms with Crippen LogP contribution in [0.5, 0.6) is 0 Å². The summed E-state index contributed by atoms with van der Waals surface area (Å²) in [5.74, 6) is -0.884. The molecule has 0 radical (unpaired) electrons. The number of amides is 1. The zero-order valence-electron chi connectivity index (χ0n) is 14.7. The number of carbonyl (C=O) groups is 1. The highest BCUT2D eigenvalue weighted by atomic mass is 19.4. The topological polar surface area (TPSA) is 32.8 Å². The summed E-state index contributed by atoms with van der Waals surface area (Å²) in [4.78, 5) is 15.2. The van der Waals surface area contributed by atoms with Crippen LogP contribution >= 0.6 is 0 Å². The van der Waals surface area contributed by atoms with Crippen molar-refractivity contribution in [1.82, 2.24) is 9.80 Å². The normalized spacial score (nSPS) is 16.1. The molecule has 8 heteroatoms. The second kappa shape index (κ2) is 6.82. The first-order valence-electron chi connectivity index (χ1n) is 7.90. The Labute approximate surface area is 144 Å². The molecule has 0 aromatic heterocycles. The summed E-state index contributed by atoms with van der Waals surface area (Å²) in [6.07, 6.45) is -4.97. The monoisotopic (exact) mass is 362 g/mol. The SMILES string of the molecule is CN(Cc1ccc(C(F)(F)F)cc1F)C1CN(C(=O)OC(C)(C)C)C1. The van der Waals surface area contributed by atoms with E-state index in [1.165, 1.54) is 4.90 Å². The van der Waals surface area contributed by atoms with Crippen LogP contribution in [-0.4, -0.2) is 47.7 Å². The molecular weight excluding hydrogens is 340 g/mol. The molecule has 1 saturated heterocycles. The van der Waals surface area contributed by atoms with E-state index in [-0.39, 0.29) is 18.2 Å².